The van der Waals surface area contributed by atoms with Crippen LogP contribution in [0.15, 0.2) is 33.9 Å². The van der Waals surface area contributed by atoms with E-state index in [4.69, 9.17) is 4.84 Å². The summed E-state index contributed by atoms with van der Waals surface area (Å²) in [6.45, 7) is 4.06. The number of rotatable bonds is 7. The molecular weight excluding hydrogens is 353 g/mol. The number of alkyl halides is 3. The molecule has 0 saturated heterocycles. The number of nitrogens with one attached hydrogen (secondary N) is 1. The van der Waals surface area contributed by atoms with Gasteiger partial charge in [0, 0.05) is 30.3 Å². The monoisotopic (exact) mass is 370 g/mol. The van der Waals surface area contributed by atoms with Crippen molar-refractivity contribution in [1.82, 2.24) is 15.5 Å². The van der Waals surface area contributed by atoms with Gasteiger partial charge in [0.1, 0.15) is 6.10 Å². The van der Waals surface area contributed by atoms with Crippen molar-refractivity contribution in [3.8, 4) is 11.4 Å². The molecular formula is C16H17F3N4O3. The van der Waals surface area contributed by atoms with E-state index in [9.17, 15) is 18.0 Å². The molecule has 1 heterocycles. The number of carbonyl (C=O) groups excluding carboxylic acids is 1. The summed E-state index contributed by atoms with van der Waals surface area (Å²) in [7, 11) is 0. The van der Waals surface area contributed by atoms with Gasteiger partial charge in [0.05, 0.1) is 0 Å². The molecule has 26 heavy (non-hydrogen) atoms. The summed E-state index contributed by atoms with van der Waals surface area (Å²) in [6, 6.07) is 5.81. The normalized spacial score (nSPS) is 11.9. The largest absolute Gasteiger partial charge is 0.471 e. The van der Waals surface area contributed by atoms with Crippen LogP contribution in [0.3, 0.4) is 0 Å². The molecule has 0 aliphatic carbocycles. The van der Waals surface area contributed by atoms with Crippen LogP contribution in [-0.2, 0) is 11.0 Å². The highest BCUT2D eigenvalue weighted by Crippen LogP contribution is 2.29. The first-order valence-corrected chi connectivity index (χ1v) is 7.74. The lowest BCUT2D eigenvalue weighted by Crippen LogP contribution is -2.24. The first-order chi connectivity index (χ1) is 12.3. The van der Waals surface area contributed by atoms with Crippen LogP contribution in [0.25, 0.3) is 11.4 Å². The highest BCUT2D eigenvalue weighted by Gasteiger charge is 2.38. The van der Waals surface area contributed by atoms with Crippen LogP contribution in [0, 0.1) is 0 Å². The molecule has 0 aliphatic heterocycles. The Morgan fingerprint density at radius 2 is 2.04 bits per heavy atom. The minimum absolute atomic E-state index is 0.00854. The van der Waals surface area contributed by atoms with Gasteiger partial charge < -0.3 is 14.7 Å². The second kappa shape index (κ2) is 8.45. The number of benzene rings is 1. The Bertz CT molecular complexity index is 755. The smallest absolute Gasteiger partial charge is 0.393 e. The molecule has 2 rings (SSSR count). The van der Waals surface area contributed by atoms with Crippen LogP contribution in [0.4, 0.5) is 13.2 Å². The number of carbonyl (C=O) groups is 1. The molecule has 2 aromatic rings. The minimum Gasteiger partial charge on any atom is -0.393 e. The van der Waals surface area contributed by atoms with Gasteiger partial charge >= 0.3 is 12.1 Å². The molecule has 0 saturated carbocycles. The van der Waals surface area contributed by atoms with Crippen molar-refractivity contribution < 1.29 is 27.3 Å². The van der Waals surface area contributed by atoms with E-state index in [0.717, 1.165) is 0 Å². The highest BCUT2D eigenvalue weighted by atomic mass is 19.4. The number of hydrogen-bond donors (Lipinski definition) is 1. The first kappa shape index (κ1) is 19.4. The van der Waals surface area contributed by atoms with Gasteiger partial charge in [-0.3, -0.25) is 4.79 Å². The van der Waals surface area contributed by atoms with Crippen molar-refractivity contribution >= 4 is 12.1 Å². The lowest BCUT2D eigenvalue weighted by Gasteiger charge is -2.04. The van der Waals surface area contributed by atoms with E-state index < -0.39 is 12.1 Å². The molecule has 10 heteroatoms. The molecule has 0 bridgehead atoms. The molecule has 1 aromatic heterocycles. The van der Waals surface area contributed by atoms with Crippen LogP contribution in [-0.4, -0.2) is 34.9 Å². The molecule has 1 aromatic carbocycles. The van der Waals surface area contributed by atoms with E-state index in [1.165, 1.54) is 24.3 Å². The molecule has 0 unspecified atom stereocenters. The number of amides is 1. The lowest BCUT2D eigenvalue weighted by atomic mass is 10.1. The van der Waals surface area contributed by atoms with Crippen molar-refractivity contribution in [2.75, 3.05) is 6.54 Å². The quantitative estimate of drug-likeness (QED) is 0.459. The van der Waals surface area contributed by atoms with E-state index in [2.05, 4.69) is 25.1 Å². The maximum atomic E-state index is 12.5. The minimum atomic E-state index is -4.70. The number of aromatic nitrogens is 2. The Morgan fingerprint density at radius 3 is 2.62 bits per heavy atom. The highest BCUT2D eigenvalue weighted by molar-refractivity contribution is 5.94. The zero-order valence-corrected chi connectivity index (χ0v) is 14.1. The summed E-state index contributed by atoms with van der Waals surface area (Å²) in [5.41, 5.74) is 0.655. The molecule has 0 aliphatic rings. The fourth-order valence-corrected chi connectivity index (χ4v) is 1.80. The van der Waals surface area contributed by atoms with E-state index >= 15 is 0 Å². The van der Waals surface area contributed by atoms with Crippen molar-refractivity contribution in [3.05, 3.63) is 35.7 Å². The van der Waals surface area contributed by atoms with Crippen LogP contribution in [0.2, 0.25) is 0 Å². The van der Waals surface area contributed by atoms with Crippen LogP contribution in [0.5, 0.6) is 0 Å². The SMILES string of the molecule is CC(C)O/N=C/CCNC(=O)c1ccc(-c2noc(C(F)(F)F)n2)cc1. The topological polar surface area (TPSA) is 89.6 Å². The van der Waals surface area contributed by atoms with Gasteiger partial charge in [0.2, 0.25) is 5.82 Å². The lowest BCUT2D eigenvalue weighted by molar-refractivity contribution is -0.159. The van der Waals surface area contributed by atoms with E-state index in [-0.39, 0.29) is 17.8 Å². The summed E-state index contributed by atoms with van der Waals surface area (Å²) in [4.78, 5) is 20.2. The summed E-state index contributed by atoms with van der Waals surface area (Å²) in [6.07, 6.45) is -2.66. The Morgan fingerprint density at radius 1 is 1.35 bits per heavy atom. The zero-order chi connectivity index (χ0) is 19.2. The fourth-order valence-electron chi connectivity index (χ4n) is 1.80. The average Bonchev–Trinajstić information content (AvgIpc) is 3.08. The van der Waals surface area contributed by atoms with Gasteiger partial charge in [0.25, 0.3) is 5.91 Å². The van der Waals surface area contributed by atoms with Gasteiger partial charge in [-0.15, -0.1) is 0 Å². The van der Waals surface area contributed by atoms with Gasteiger partial charge in [-0.2, -0.15) is 18.2 Å². The van der Waals surface area contributed by atoms with Gasteiger partial charge in [-0.05, 0) is 26.0 Å². The second-order valence-corrected chi connectivity index (χ2v) is 5.48. The number of halogens is 3. The van der Waals surface area contributed by atoms with Crippen molar-refractivity contribution in [1.29, 1.82) is 0 Å². The van der Waals surface area contributed by atoms with Crippen molar-refractivity contribution in [2.24, 2.45) is 5.16 Å². The third-order valence-electron chi connectivity index (χ3n) is 2.98. The van der Waals surface area contributed by atoms with Gasteiger partial charge in [-0.1, -0.05) is 22.4 Å². The molecule has 1 amide bonds. The Labute approximate surface area is 147 Å². The van der Waals surface area contributed by atoms with Gasteiger partial charge in [0.15, 0.2) is 0 Å². The number of nitrogens with zero attached hydrogens (tertiary/aromatic N) is 3. The summed E-state index contributed by atoms with van der Waals surface area (Å²) in [5.74, 6) is -1.94. The number of oxime groups is 1. The molecule has 7 nitrogen and oxygen atoms in total. The van der Waals surface area contributed by atoms with Gasteiger partial charge in [-0.25, -0.2) is 0 Å². The van der Waals surface area contributed by atoms with Crippen molar-refractivity contribution in [2.45, 2.75) is 32.5 Å². The Hall–Kier alpha value is -2.91. The fraction of sp³-hybridized carbons (Fsp3) is 0.375. The van der Waals surface area contributed by atoms with Crippen LogP contribution in [0.1, 0.15) is 36.5 Å². The zero-order valence-electron chi connectivity index (χ0n) is 14.1. The Kier molecular flexibility index (Phi) is 6.31. The summed E-state index contributed by atoms with van der Waals surface area (Å²) in [5, 5.41) is 9.70. The molecule has 0 radical (unpaired) electrons. The first-order valence-electron chi connectivity index (χ1n) is 7.74. The predicted molar refractivity (Wildman–Crippen MR) is 86.4 cm³/mol. The molecule has 0 spiro atoms. The average molecular weight is 370 g/mol. The summed E-state index contributed by atoms with van der Waals surface area (Å²) >= 11 is 0. The van der Waals surface area contributed by atoms with E-state index in [1.54, 1.807) is 6.21 Å². The number of hydrogen-bond acceptors (Lipinski definition) is 6. The van der Waals surface area contributed by atoms with E-state index in [0.29, 0.717) is 24.1 Å². The molecule has 0 fully saturated rings. The predicted octanol–water partition coefficient (Wildman–Crippen LogP) is 3.29. The maximum absolute atomic E-state index is 12.5. The Balaban J connectivity index is 1.89. The molecule has 0 atom stereocenters. The second-order valence-electron chi connectivity index (χ2n) is 5.48. The maximum Gasteiger partial charge on any atom is 0.471 e. The van der Waals surface area contributed by atoms with Crippen LogP contribution >= 0.6 is 0 Å². The van der Waals surface area contributed by atoms with E-state index in [1.807, 2.05) is 13.8 Å². The summed E-state index contributed by atoms with van der Waals surface area (Å²) < 4.78 is 41.5. The molecule has 1 N–H and O–H groups in total. The van der Waals surface area contributed by atoms with Crippen LogP contribution < -0.4 is 5.32 Å². The third-order valence-corrected chi connectivity index (χ3v) is 2.98. The van der Waals surface area contributed by atoms with Crippen molar-refractivity contribution in [3.63, 3.8) is 0 Å². The standard InChI is InChI=1S/C16H17F3N4O3/c1-10(2)25-21-9-3-8-20-14(24)12-6-4-11(5-7-12)13-22-15(26-23-13)16(17,18)19/h4-7,9-10H,3,8H2,1-2H3,(H,20,24)/b21-9+. The third kappa shape index (κ3) is 5.57. The molecule has 140 valence electrons.